The Labute approximate surface area is 192 Å². The van der Waals surface area contributed by atoms with Crippen LogP contribution in [0, 0.1) is 0 Å². The predicted octanol–water partition coefficient (Wildman–Crippen LogP) is 3.21. The van der Waals surface area contributed by atoms with Crippen LogP contribution in [0.4, 0.5) is 5.69 Å². The highest BCUT2D eigenvalue weighted by Crippen LogP contribution is 2.24. The monoisotopic (exact) mass is 445 g/mol. The Morgan fingerprint density at radius 1 is 1.09 bits per heavy atom. The molecule has 1 atom stereocenters. The number of Topliss-reactive ketones (excluding diaryl/α,β-unsaturated/α-hetero) is 1. The van der Waals surface area contributed by atoms with Gasteiger partial charge in [-0.15, -0.1) is 0 Å². The smallest absolute Gasteiger partial charge is 0.307 e. The van der Waals surface area contributed by atoms with Crippen molar-refractivity contribution in [1.82, 2.24) is 9.80 Å². The molecule has 7 nitrogen and oxygen atoms in total. The lowest BCUT2D eigenvalue weighted by atomic mass is 9.87. The van der Waals surface area contributed by atoms with E-state index < -0.39 is 5.54 Å². The van der Waals surface area contributed by atoms with Gasteiger partial charge in [-0.25, -0.2) is 0 Å². The van der Waals surface area contributed by atoms with Crippen LogP contribution in [-0.2, 0) is 14.3 Å². The molecule has 0 radical (unpaired) electrons. The van der Waals surface area contributed by atoms with E-state index in [4.69, 9.17) is 9.47 Å². The highest BCUT2D eigenvalue weighted by atomic mass is 16.6. The minimum atomic E-state index is -0.492. The molecule has 1 unspecified atom stereocenters. The first-order valence-corrected chi connectivity index (χ1v) is 11.5. The zero-order valence-electron chi connectivity index (χ0n) is 20.3. The molecule has 1 aliphatic heterocycles. The minimum absolute atomic E-state index is 0.154. The fourth-order valence-electron chi connectivity index (χ4n) is 3.73. The molecule has 0 aliphatic carbocycles. The van der Waals surface area contributed by atoms with Gasteiger partial charge in [-0.2, -0.15) is 0 Å². The van der Waals surface area contributed by atoms with E-state index >= 15 is 0 Å². The number of allylic oxidation sites excluding steroid dienone is 1. The molecule has 0 saturated carbocycles. The highest BCUT2D eigenvalue weighted by Gasteiger charge is 2.34. The number of hydrogen-bond donors (Lipinski definition) is 0. The fraction of sp³-hybridized carbons (Fsp3) is 0.600. The van der Waals surface area contributed by atoms with Gasteiger partial charge in [0.15, 0.2) is 5.78 Å². The van der Waals surface area contributed by atoms with Crippen molar-refractivity contribution in [3.63, 3.8) is 0 Å². The molecule has 1 aromatic carbocycles. The third-order valence-corrected chi connectivity index (χ3v) is 6.36. The summed E-state index contributed by atoms with van der Waals surface area (Å²) in [6, 6.07) is 7.97. The SMILES string of the molecule is C/C=C/OCCOC(=O)CCN1CCN(c2ccc(C(=O)C(C)(CC)N(C)C)cc2)CC1. The third kappa shape index (κ3) is 7.07. The Balaban J connectivity index is 1.77. The van der Waals surface area contributed by atoms with Gasteiger partial charge >= 0.3 is 5.97 Å². The van der Waals surface area contributed by atoms with Crippen molar-refractivity contribution in [2.45, 2.75) is 39.2 Å². The van der Waals surface area contributed by atoms with Gasteiger partial charge in [-0.1, -0.05) is 13.0 Å². The molecule has 0 spiro atoms. The Kier molecular flexibility index (Phi) is 10.2. The van der Waals surface area contributed by atoms with E-state index in [-0.39, 0.29) is 18.4 Å². The van der Waals surface area contributed by atoms with E-state index in [0.717, 1.165) is 43.9 Å². The second-order valence-electron chi connectivity index (χ2n) is 8.54. The summed E-state index contributed by atoms with van der Waals surface area (Å²) < 4.78 is 10.3. The van der Waals surface area contributed by atoms with E-state index in [0.29, 0.717) is 19.6 Å². The van der Waals surface area contributed by atoms with E-state index in [1.807, 2.05) is 64.0 Å². The summed E-state index contributed by atoms with van der Waals surface area (Å²) in [4.78, 5) is 31.5. The van der Waals surface area contributed by atoms with Crippen LogP contribution >= 0.6 is 0 Å². The highest BCUT2D eigenvalue weighted by molar-refractivity contribution is 6.03. The number of piperazine rings is 1. The third-order valence-electron chi connectivity index (χ3n) is 6.36. The minimum Gasteiger partial charge on any atom is -0.498 e. The molecule has 178 valence electrons. The number of esters is 1. The van der Waals surface area contributed by atoms with E-state index in [1.165, 1.54) is 0 Å². The van der Waals surface area contributed by atoms with Crippen LogP contribution in [0.25, 0.3) is 0 Å². The quantitative estimate of drug-likeness (QED) is 0.212. The van der Waals surface area contributed by atoms with Crippen LogP contribution in [0.15, 0.2) is 36.6 Å². The number of nitrogens with zero attached hydrogens (tertiary/aromatic N) is 3. The van der Waals surface area contributed by atoms with Crippen LogP contribution in [-0.4, -0.2) is 87.1 Å². The van der Waals surface area contributed by atoms with Gasteiger partial charge in [0, 0.05) is 44.0 Å². The Bertz CT molecular complexity index is 755. The first-order chi connectivity index (χ1) is 15.3. The number of anilines is 1. The zero-order valence-corrected chi connectivity index (χ0v) is 20.3. The van der Waals surface area contributed by atoms with Crippen molar-refractivity contribution in [1.29, 1.82) is 0 Å². The summed E-state index contributed by atoms with van der Waals surface area (Å²) in [6.45, 7) is 10.9. The number of rotatable bonds is 12. The molecular weight excluding hydrogens is 406 g/mol. The van der Waals surface area contributed by atoms with Gasteiger partial charge < -0.3 is 14.4 Å². The average Bonchev–Trinajstić information content (AvgIpc) is 2.82. The van der Waals surface area contributed by atoms with Crippen molar-refractivity contribution in [3.8, 4) is 0 Å². The largest absolute Gasteiger partial charge is 0.498 e. The second-order valence-corrected chi connectivity index (χ2v) is 8.54. The number of carbonyl (C=O) groups is 2. The van der Waals surface area contributed by atoms with Gasteiger partial charge in [-0.3, -0.25) is 19.4 Å². The molecule has 1 heterocycles. The molecule has 1 fully saturated rings. The van der Waals surface area contributed by atoms with Crippen molar-refractivity contribution >= 4 is 17.4 Å². The number of hydrogen-bond acceptors (Lipinski definition) is 7. The summed E-state index contributed by atoms with van der Waals surface area (Å²) in [7, 11) is 3.91. The summed E-state index contributed by atoms with van der Waals surface area (Å²) in [5.41, 5.74) is 1.39. The first kappa shape index (κ1) is 25.9. The molecule has 0 aromatic heterocycles. The second kappa shape index (κ2) is 12.6. The van der Waals surface area contributed by atoms with Crippen molar-refractivity contribution in [2.75, 3.05) is 64.9 Å². The number of carbonyl (C=O) groups excluding carboxylic acids is 2. The maximum absolute atomic E-state index is 13.0. The molecule has 32 heavy (non-hydrogen) atoms. The molecule has 1 saturated heterocycles. The summed E-state index contributed by atoms with van der Waals surface area (Å²) in [6.07, 6.45) is 4.54. The molecule has 0 N–H and O–H groups in total. The van der Waals surface area contributed by atoms with Crippen LogP contribution < -0.4 is 4.90 Å². The Morgan fingerprint density at radius 3 is 2.31 bits per heavy atom. The van der Waals surface area contributed by atoms with Gasteiger partial charge in [0.1, 0.15) is 13.2 Å². The molecule has 1 aromatic rings. The van der Waals surface area contributed by atoms with Crippen molar-refractivity contribution < 1.29 is 19.1 Å². The summed E-state index contributed by atoms with van der Waals surface area (Å²) in [5.74, 6) is -0.0322. The molecule has 1 aliphatic rings. The zero-order chi connectivity index (χ0) is 23.6. The fourth-order valence-corrected chi connectivity index (χ4v) is 3.73. The maximum Gasteiger partial charge on any atom is 0.307 e. The lowest BCUT2D eigenvalue weighted by molar-refractivity contribution is -0.145. The molecule has 0 amide bonds. The molecule has 0 bridgehead atoms. The molecule has 7 heteroatoms. The van der Waals surface area contributed by atoms with Crippen LogP contribution in [0.3, 0.4) is 0 Å². The van der Waals surface area contributed by atoms with Gasteiger partial charge in [0.25, 0.3) is 0 Å². The lowest BCUT2D eigenvalue weighted by Crippen LogP contribution is -2.48. The number of ketones is 1. The van der Waals surface area contributed by atoms with E-state index in [2.05, 4.69) is 9.80 Å². The van der Waals surface area contributed by atoms with Crippen LogP contribution in [0.1, 0.15) is 44.0 Å². The van der Waals surface area contributed by atoms with Gasteiger partial charge in [0.05, 0.1) is 18.2 Å². The van der Waals surface area contributed by atoms with E-state index in [1.54, 1.807) is 12.3 Å². The van der Waals surface area contributed by atoms with Crippen molar-refractivity contribution in [2.24, 2.45) is 0 Å². The topological polar surface area (TPSA) is 62.3 Å². The first-order valence-electron chi connectivity index (χ1n) is 11.5. The molecular formula is C25H39N3O4. The summed E-state index contributed by atoms with van der Waals surface area (Å²) in [5, 5.41) is 0. The van der Waals surface area contributed by atoms with Gasteiger partial charge in [0.2, 0.25) is 0 Å². The maximum atomic E-state index is 13.0. The standard InChI is InChI=1S/C25H39N3O4/c1-6-18-31-19-20-32-23(29)12-13-27-14-16-28(17-15-27)22-10-8-21(9-11-22)24(30)25(3,7-2)26(4)5/h6,8-11,18H,7,12-17,19-20H2,1-5H3/b18-6+. The Morgan fingerprint density at radius 2 is 1.75 bits per heavy atom. The van der Waals surface area contributed by atoms with Crippen LogP contribution in [0.5, 0.6) is 0 Å². The average molecular weight is 446 g/mol. The molecule has 2 rings (SSSR count). The number of ether oxygens (including phenoxy) is 2. The van der Waals surface area contributed by atoms with Crippen LogP contribution in [0.2, 0.25) is 0 Å². The Hall–Kier alpha value is -2.38. The lowest BCUT2D eigenvalue weighted by Gasteiger charge is -2.36. The normalized spacial score (nSPS) is 16.9. The number of benzene rings is 1. The van der Waals surface area contributed by atoms with Gasteiger partial charge in [-0.05, 0) is 58.6 Å². The number of likely N-dealkylation sites (N-methyl/N-ethyl adjacent to an activating group) is 1. The predicted molar refractivity (Wildman–Crippen MR) is 128 cm³/mol. The van der Waals surface area contributed by atoms with Crippen molar-refractivity contribution in [3.05, 3.63) is 42.2 Å². The van der Waals surface area contributed by atoms with E-state index in [9.17, 15) is 9.59 Å². The summed E-state index contributed by atoms with van der Waals surface area (Å²) >= 11 is 0.